The molecule has 1 aromatic heterocycles. The molecule has 2 saturated heterocycles. The van der Waals surface area contributed by atoms with Gasteiger partial charge >= 0.3 is 0 Å². The van der Waals surface area contributed by atoms with Gasteiger partial charge in [-0.15, -0.1) is 0 Å². The number of piperidine rings is 2. The molecule has 3 heterocycles. The van der Waals surface area contributed by atoms with E-state index in [0.29, 0.717) is 24.4 Å². The summed E-state index contributed by atoms with van der Waals surface area (Å²) in [6, 6.07) is 0.513. The lowest BCUT2D eigenvalue weighted by molar-refractivity contribution is -0.137. The largest absolute Gasteiger partial charge is 0.347 e. The molecule has 3 aliphatic rings. The molecule has 1 saturated carbocycles. The molecular formula is C20H31N5O2. The minimum atomic E-state index is 0.0739. The van der Waals surface area contributed by atoms with Crippen LogP contribution in [0.25, 0.3) is 0 Å². The molecule has 1 N–H and O–H groups in total. The average Bonchev–Trinajstić information content (AvgIpc) is 3.44. The van der Waals surface area contributed by atoms with Crippen molar-refractivity contribution in [1.29, 1.82) is 0 Å². The molecule has 1 aromatic rings. The van der Waals surface area contributed by atoms with Gasteiger partial charge in [0.15, 0.2) is 0 Å². The lowest BCUT2D eigenvalue weighted by Gasteiger charge is -2.42. The van der Waals surface area contributed by atoms with Crippen LogP contribution in [0.5, 0.6) is 0 Å². The van der Waals surface area contributed by atoms with Crippen molar-refractivity contribution >= 4 is 11.8 Å². The molecule has 148 valence electrons. The second kappa shape index (κ2) is 8.00. The van der Waals surface area contributed by atoms with Crippen molar-refractivity contribution in [2.75, 3.05) is 33.2 Å². The molecule has 1 aliphatic carbocycles. The van der Waals surface area contributed by atoms with Gasteiger partial charge in [-0.2, -0.15) is 0 Å². The van der Waals surface area contributed by atoms with Gasteiger partial charge < -0.3 is 14.8 Å². The fourth-order valence-corrected chi connectivity index (χ4v) is 4.58. The third-order valence-electron chi connectivity index (χ3n) is 6.34. The van der Waals surface area contributed by atoms with Crippen molar-refractivity contribution in [2.45, 2.75) is 51.1 Å². The van der Waals surface area contributed by atoms with Gasteiger partial charge in [-0.1, -0.05) is 0 Å². The number of H-pyrrole nitrogens is 1. The quantitative estimate of drug-likeness (QED) is 0.849. The molecule has 27 heavy (non-hydrogen) atoms. The molecule has 0 spiro atoms. The summed E-state index contributed by atoms with van der Waals surface area (Å²) < 4.78 is 0. The SMILES string of the molecule is CN(Cc1ncc[nH]1)C(=O)[C@H]1CCCN(C2CCN(C(=O)C3CC3)CC2)C1. The second-order valence-corrected chi connectivity index (χ2v) is 8.39. The highest BCUT2D eigenvalue weighted by molar-refractivity contribution is 5.81. The number of rotatable bonds is 5. The Morgan fingerprint density at radius 3 is 2.59 bits per heavy atom. The Morgan fingerprint density at radius 2 is 1.93 bits per heavy atom. The maximum absolute atomic E-state index is 12.9. The first-order valence-electron chi connectivity index (χ1n) is 10.4. The summed E-state index contributed by atoms with van der Waals surface area (Å²) in [7, 11) is 1.87. The van der Waals surface area contributed by atoms with Crippen LogP contribution in [0.2, 0.25) is 0 Å². The predicted molar refractivity (Wildman–Crippen MR) is 102 cm³/mol. The van der Waals surface area contributed by atoms with Crippen molar-refractivity contribution in [2.24, 2.45) is 11.8 Å². The molecule has 2 aliphatic heterocycles. The summed E-state index contributed by atoms with van der Waals surface area (Å²) in [4.78, 5) is 38.8. The summed E-state index contributed by atoms with van der Waals surface area (Å²) >= 11 is 0. The number of imidazole rings is 1. The van der Waals surface area contributed by atoms with Crippen molar-refractivity contribution in [3.8, 4) is 0 Å². The van der Waals surface area contributed by atoms with Crippen LogP contribution in [0.1, 0.15) is 44.3 Å². The van der Waals surface area contributed by atoms with Gasteiger partial charge in [0.25, 0.3) is 0 Å². The fourth-order valence-electron chi connectivity index (χ4n) is 4.58. The number of aromatic nitrogens is 2. The van der Waals surface area contributed by atoms with Gasteiger partial charge in [0.2, 0.25) is 11.8 Å². The highest BCUT2D eigenvalue weighted by atomic mass is 16.2. The molecule has 7 heteroatoms. The summed E-state index contributed by atoms with van der Waals surface area (Å²) in [5, 5.41) is 0. The number of nitrogens with zero attached hydrogens (tertiary/aromatic N) is 4. The summed E-state index contributed by atoms with van der Waals surface area (Å²) in [5.41, 5.74) is 0. The van der Waals surface area contributed by atoms with Gasteiger partial charge in [-0.3, -0.25) is 14.5 Å². The van der Waals surface area contributed by atoms with E-state index >= 15 is 0 Å². The van der Waals surface area contributed by atoms with Crippen LogP contribution in [0.4, 0.5) is 0 Å². The highest BCUT2D eigenvalue weighted by Crippen LogP contribution is 2.32. The third kappa shape index (κ3) is 4.34. The van der Waals surface area contributed by atoms with Crippen molar-refractivity contribution in [3.63, 3.8) is 0 Å². The monoisotopic (exact) mass is 373 g/mol. The van der Waals surface area contributed by atoms with Gasteiger partial charge in [0.1, 0.15) is 5.82 Å². The van der Waals surface area contributed by atoms with Gasteiger partial charge in [0, 0.05) is 51.0 Å². The Morgan fingerprint density at radius 1 is 1.15 bits per heavy atom. The van der Waals surface area contributed by atoms with E-state index in [1.54, 1.807) is 17.3 Å². The van der Waals surface area contributed by atoms with Crippen molar-refractivity contribution < 1.29 is 9.59 Å². The van der Waals surface area contributed by atoms with E-state index in [1.807, 2.05) is 7.05 Å². The molecule has 0 bridgehead atoms. The van der Waals surface area contributed by atoms with Gasteiger partial charge in [-0.25, -0.2) is 4.98 Å². The smallest absolute Gasteiger partial charge is 0.227 e. The van der Waals surface area contributed by atoms with E-state index in [1.165, 1.54) is 0 Å². The lowest BCUT2D eigenvalue weighted by atomic mass is 9.93. The standard InChI is InChI=1S/C20H31N5O2/c1-23(14-18-21-8-9-22-18)19(26)16-3-2-10-25(13-16)17-6-11-24(12-7-17)20(27)15-4-5-15/h8-9,15-17H,2-7,10-14H2,1H3,(H,21,22)/t16-/m0/s1. The van der Waals surface area contributed by atoms with Crippen LogP contribution in [-0.2, 0) is 16.1 Å². The maximum atomic E-state index is 12.9. The van der Waals surface area contributed by atoms with Crippen LogP contribution in [-0.4, -0.2) is 75.8 Å². The molecule has 2 amide bonds. The maximum Gasteiger partial charge on any atom is 0.227 e. The lowest BCUT2D eigenvalue weighted by Crippen LogP contribution is -2.51. The molecule has 7 nitrogen and oxygen atoms in total. The van der Waals surface area contributed by atoms with E-state index in [9.17, 15) is 9.59 Å². The number of likely N-dealkylation sites (tertiary alicyclic amines) is 2. The number of carbonyl (C=O) groups is 2. The van der Waals surface area contributed by atoms with E-state index in [0.717, 1.165) is 70.5 Å². The van der Waals surface area contributed by atoms with E-state index in [4.69, 9.17) is 0 Å². The van der Waals surface area contributed by atoms with Crippen LogP contribution >= 0.6 is 0 Å². The minimum absolute atomic E-state index is 0.0739. The van der Waals surface area contributed by atoms with Crippen LogP contribution < -0.4 is 0 Å². The Bertz CT molecular complexity index is 649. The van der Waals surface area contributed by atoms with Crippen molar-refractivity contribution in [1.82, 2.24) is 24.7 Å². The zero-order valence-corrected chi connectivity index (χ0v) is 16.3. The van der Waals surface area contributed by atoms with Crippen LogP contribution in [0.3, 0.4) is 0 Å². The molecule has 3 fully saturated rings. The summed E-state index contributed by atoms with van der Waals surface area (Å²) in [6.07, 6.45) is 9.80. The number of aromatic amines is 1. The highest BCUT2D eigenvalue weighted by Gasteiger charge is 2.37. The number of hydrogen-bond acceptors (Lipinski definition) is 4. The molecular weight excluding hydrogens is 342 g/mol. The number of nitrogens with one attached hydrogen (secondary N) is 1. The Labute approximate surface area is 161 Å². The minimum Gasteiger partial charge on any atom is -0.347 e. The van der Waals surface area contributed by atoms with Crippen LogP contribution in [0, 0.1) is 11.8 Å². The molecule has 0 aromatic carbocycles. The number of amides is 2. The third-order valence-corrected chi connectivity index (χ3v) is 6.34. The van der Waals surface area contributed by atoms with Gasteiger partial charge in [-0.05, 0) is 45.1 Å². The predicted octanol–water partition coefficient (Wildman–Crippen LogP) is 1.48. The summed E-state index contributed by atoms with van der Waals surface area (Å²) in [5.74, 6) is 1.82. The zero-order chi connectivity index (χ0) is 18.8. The number of carbonyl (C=O) groups excluding carboxylic acids is 2. The Balaban J connectivity index is 1.27. The van der Waals surface area contributed by atoms with Crippen molar-refractivity contribution in [3.05, 3.63) is 18.2 Å². The van der Waals surface area contributed by atoms with Gasteiger partial charge in [0.05, 0.1) is 12.5 Å². The van der Waals surface area contributed by atoms with E-state index in [-0.39, 0.29) is 11.8 Å². The first-order chi connectivity index (χ1) is 13.1. The average molecular weight is 374 g/mol. The fraction of sp³-hybridized carbons (Fsp3) is 0.750. The second-order valence-electron chi connectivity index (χ2n) is 8.39. The zero-order valence-electron chi connectivity index (χ0n) is 16.3. The summed E-state index contributed by atoms with van der Waals surface area (Å²) in [6.45, 7) is 4.22. The van der Waals surface area contributed by atoms with E-state index in [2.05, 4.69) is 19.8 Å². The molecule has 1 atom stereocenters. The molecule has 0 radical (unpaired) electrons. The molecule has 4 rings (SSSR count). The Hall–Kier alpha value is -1.89. The first kappa shape index (κ1) is 18.5. The topological polar surface area (TPSA) is 72.5 Å². The first-order valence-corrected chi connectivity index (χ1v) is 10.4. The Kier molecular flexibility index (Phi) is 5.48. The number of hydrogen-bond donors (Lipinski definition) is 1. The van der Waals surface area contributed by atoms with E-state index < -0.39 is 0 Å². The molecule has 0 unspecified atom stereocenters. The van der Waals surface area contributed by atoms with Crippen LogP contribution in [0.15, 0.2) is 12.4 Å². The normalized spacial score (nSPS) is 24.8.